The van der Waals surface area contributed by atoms with Crippen LogP contribution in [0.4, 0.5) is 0 Å². The maximum Gasteiger partial charge on any atom is 0.178 e. The molecule has 0 spiro atoms. The van der Waals surface area contributed by atoms with E-state index in [2.05, 4.69) is 27.7 Å². The largest absolute Gasteiger partial charge is 0.393 e. The zero-order chi connectivity index (χ0) is 16.6. The van der Waals surface area contributed by atoms with Crippen LogP contribution in [0.15, 0.2) is 0 Å². The van der Waals surface area contributed by atoms with E-state index >= 15 is 0 Å². The van der Waals surface area contributed by atoms with Crippen LogP contribution in [0.1, 0.15) is 53.9 Å². The molecule has 2 aliphatic carbocycles. The Kier molecular flexibility index (Phi) is 2.40. The Bertz CT molecular complexity index is 590. The number of aliphatic hydroxyl groups excluding tert-OH is 2. The molecule has 0 aromatic heterocycles. The highest BCUT2D eigenvalue weighted by atomic mass is 16.8. The van der Waals surface area contributed by atoms with Gasteiger partial charge in [-0.15, -0.1) is 0 Å². The Balaban J connectivity index is 1.77. The molecule has 130 valence electrons. The molecule has 9 atom stereocenters. The quantitative estimate of drug-likeness (QED) is 0.755. The first-order chi connectivity index (χ1) is 10.6. The number of ether oxygens (including phenoxy) is 3. The fraction of sp³-hybridized carbons (Fsp3) is 1.00. The van der Waals surface area contributed by atoms with E-state index in [1.165, 1.54) is 0 Å². The predicted octanol–water partition coefficient (Wildman–Crippen LogP) is 1.60. The summed E-state index contributed by atoms with van der Waals surface area (Å²) in [7, 11) is 0. The minimum Gasteiger partial charge on any atom is -0.393 e. The van der Waals surface area contributed by atoms with Gasteiger partial charge in [0.05, 0.1) is 18.1 Å². The second-order valence-corrected chi connectivity index (χ2v) is 9.61. The van der Waals surface area contributed by atoms with Crippen LogP contribution in [0, 0.1) is 16.7 Å². The minimum atomic E-state index is -0.841. The molecule has 0 aromatic carbocycles. The van der Waals surface area contributed by atoms with Crippen molar-refractivity contribution in [2.45, 2.75) is 95.3 Å². The Morgan fingerprint density at radius 2 is 1.87 bits per heavy atom. The Morgan fingerprint density at radius 1 is 1.17 bits per heavy atom. The molecule has 2 N–H and O–H groups in total. The minimum absolute atomic E-state index is 0.0510. The second-order valence-electron chi connectivity index (χ2n) is 9.61. The third kappa shape index (κ3) is 1.25. The van der Waals surface area contributed by atoms with Gasteiger partial charge in [-0.25, -0.2) is 0 Å². The summed E-state index contributed by atoms with van der Waals surface area (Å²) >= 11 is 0. The van der Waals surface area contributed by atoms with Crippen molar-refractivity contribution in [3.8, 4) is 0 Å². The maximum absolute atomic E-state index is 11.3. The fourth-order valence-electron chi connectivity index (χ4n) is 7.39. The molecule has 5 aliphatic rings. The van der Waals surface area contributed by atoms with E-state index in [1.54, 1.807) is 6.92 Å². The molecule has 5 nitrogen and oxygen atoms in total. The third-order valence-electron chi connectivity index (χ3n) is 7.97. The van der Waals surface area contributed by atoms with E-state index in [0.717, 1.165) is 12.8 Å². The molecule has 0 radical (unpaired) electrons. The highest BCUT2D eigenvalue weighted by Gasteiger charge is 2.94. The van der Waals surface area contributed by atoms with Crippen LogP contribution in [-0.2, 0) is 14.2 Å². The van der Waals surface area contributed by atoms with Crippen LogP contribution in [0.2, 0.25) is 0 Å². The molecular formula is C18H28O5. The summed E-state index contributed by atoms with van der Waals surface area (Å²) in [5.74, 6) is -0.790. The highest BCUT2D eigenvalue weighted by Crippen LogP contribution is 2.82. The summed E-state index contributed by atoms with van der Waals surface area (Å²) < 4.78 is 19.3. The Morgan fingerprint density at radius 3 is 2.52 bits per heavy atom. The summed E-state index contributed by atoms with van der Waals surface area (Å²) in [6.07, 6.45) is 1.08. The maximum atomic E-state index is 11.3. The molecule has 3 aliphatic heterocycles. The molecule has 0 aromatic rings. The van der Waals surface area contributed by atoms with Crippen molar-refractivity contribution in [1.82, 2.24) is 0 Å². The smallest absolute Gasteiger partial charge is 0.178 e. The number of fused-ring (bicyclic) bond motifs is 1. The molecule has 2 saturated carbocycles. The molecule has 5 fully saturated rings. The van der Waals surface area contributed by atoms with Crippen molar-refractivity contribution >= 4 is 0 Å². The SMILES string of the molecule is CC(O)C[C@]12O[C@H]3CCC(C)(C)[C@]4(O1)[C@@H](O)[C@@H]1O[C@]1(C)[C@@H]2[C@@]34C. The van der Waals surface area contributed by atoms with Gasteiger partial charge in [0.25, 0.3) is 0 Å². The number of epoxide rings is 1. The summed E-state index contributed by atoms with van der Waals surface area (Å²) in [6.45, 7) is 10.5. The van der Waals surface area contributed by atoms with Gasteiger partial charge in [-0.2, -0.15) is 0 Å². The highest BCUT2D eigenvalue weighted by molar-refractivity contribution is 5.38. The van der Waals surface area contributed by atoms with Crippen LogP contribution >= 0.6 is 0 Å². The Labute approximate surface area is 137 Å². The fourth-order valence-corrected chi connectivity index (χ4v) is 7.39. The first-order valence-electron chi connectivity index (χ1n) is 8.97. The summed E-state index contributed by atoms with van der Waals surface area (Å²) in [5.41, 5.74) is -1.52. The standard InChI is InChI=1S/C18H28O5/c1-9(19)8-17-13-15(4)10(21-17)6-7-14(2,3)18(15,23-17)11(20)12-16(13,5)22-12/h9-13,19-20H,6-8H2,1-5H3/t9?,10-,11-,12-,13-,15+,16-,17-,18+/m0/s1. The lowest BCUT2D eigenvalue weighted by atomic mass is 9.44. The average Bonchev–Trinajstić information content (AvgIpc) is 2.94. The topological polar surface area (TPSA) is 71.5 Å². The second kappa shape index (κ2) is 3.65. The van der Waals surface area contributed by atoms with Gasteiger partial charge >= 0.3 is 0 Å². The average molecular weight is 324 g/mol. The van der Waals surface area contributed by atoms with Gasteiger partial charge in [-0.05, 0) is 32.1 Å². The third-order valence-corrected chi connectivity index (χ3v) is 7.97. The molecule has 5 heteroatoms. The predicted molar refractivity (Wildman–Crippen MR) is 81.6 cm³/mol. The molecule has 3 heterocycles. The number of aliphatic hydroxyl groups is 2. The monoisotopic (exact) mass is 324 g/mol. The van der Waals surface area contributed by atoms with Gasteiger partial charge in [0.2, 0.25) is 0 Å². The van der Waals surface area contributed by atoms with Crippen molar-refractivity contribution in [2.75, 3.05) is 0 Å². The first-order valence-corrected chi connectivity index (χ1v) is 8.97. The van der Waals surface area contributed by atoms with Crippen molar-refractivity contribution < 1.29 is 24.4 Å². The number of hydrogen-bond acceptors (Lipinski definition) is 5. The van der Waals surface area contributed by atoms with Gasteiger partial charge in [-0.1, -0.05) is 20.8 Å². The first kappa shape index (κ1) is 15.1. The Hall–Kier alpha value is -0.200. The molecule has 5 rings (SSSR count). The van der Waals surface area contributed by atoms with E-state index in [1.807, 2.05) is 0 Å². The lowest BCUT2D eigenvalue weighted by molar-refractivity contribution is -0.381. The van der Waals surface area contributed by atoms with Gasteiger partial charge in [0.1, 0.15) is 23.4 Å². The van der Waals surface area contributed by atoms with E-state index < -0.39 is 29.2 Å². The molecule has 4 bridgehead atoms. The van der Waals surface area contributed by atoms with Crippen LogP contribution in [0.3, 0.4) is 0 Å². The van der Waals surface area contributed by atoms with Crippen molar-refractivity contribution in [3.05, 3.63) is 0 Å². The van der Waals surface area contributed by atoms with Gasteiger partial charge in [0, 0.05) is 11.8 Å². The van der Waals surface area contributed by atoms with Gasteiger partial charge < -0.3 is 24.4 Å². The molecular weight excluding hydrogens is 296 g/mol. The van der Waals surface area contributed by atoms with Crippen molar-refractivity contribution in [3.63, 3.8) is 0 Å². The van der Waals surface area contributed by atoms with E-state index in [9.17, 15) is 10.2 Å². The van der Waals surface area contributed by atoms with E-state index in [-0.39, 0.29) is 29.0 Å². The van der Waals surface area contributed by atoms with Gasteiger partial charge in [-0.3, -0.25) is 0 Å². The normalized spacial score (nSPS) is 65.3. The van der Waals surface area contributed by atoms with Crippen LogP contribution in [-0.4, -0.2) is 51.6 Å². The zero-order valence-electron chi connectivity index (χ0n) is 14.6. The van der Waals surface area contributed by atoms with E-state index in [0.29, 0.717) is 6.42 Å². The lowest BCUT2D eigenvalue weighted by Gasteiger charge is -2.63. The van der Waals surface area contributed by atoms with Crippen molar-refractivity contribution in [2.24, 2.45) is 16.7 Å². The number of hydrogen-bond donors (Lipinski definition) is 2. The van der Waals surface area contributed by atoms with E-state index in [4.69, 9.17) is 14.2 Å². The summed E-state index contributed by atoms with van der Waals surface area (Å²) in [4.78, 5) is 0. The molecule has 1 unspecified atom stereocenters. The van der Waals surface area contributed by atoms with Crippen LogP contribution in [0.25, 0.3) is 0 Å². The van der Waals surface area contributed by atoms with Gasteiger partial charge in [0.15, 0.2) is 5.79 Å². The number of rotatable bonds is 2. The molecule has 0 amide bonds. The summed E-state index contributed by atoms with van der Waals surface area (Å²) in [5, 5.41) is 21.4. The van der Waals surface area contributed by atoms with Crippen molar-refractivity contribution in [1.29, 1.82) is 0 Å². The van der Waals surface area contributed by atoms with Crippen LogP contribution < -0.4 is 0 Å². The summed E-state index contributed by atoms with van der Waals surface area (Å²) in [6, 6.07) is 0. The molecule has 3 saturated heterocycles. The van der Waals surface area contributed by atoms with Crippen LogP contribution in [0.5, 0.6) is 0 Å². The lowest BCUT2D eigenvalue weighted by Crippen LogP contribution is -2.74. The zero-order valence-corrected chi connectivity index (χ0v) is 14.6. The molecule has 23 heavy (non-hydrogen) atoms.